The first-order chi connectivity index (χ1) is 16.7. The molecule has 0 saturated carbocycles. The fourth-order valence-electron chi connectivity index (χ4n) is 3.28. The zero-order chi connectivity index (χ0) is 27.0. The van der Waals surface area contributed by atoms with Gasteiger partial charge in [0.05, 0.1) is 0 Å². The summed E-state index contributed by atoms with van der Waals surface area (Å²) in [5.74, 6) is -0.226. The Bertz CT molecular complexity index is 1130. The van der Waals surface area contributed by atoms with E-state index < -0.39 is 27.6 Å². The van der Waals surface area contributed by atoms with Crippen molar-refractivity contribution in [3.05, 3.63) is 65.2 Å². The number of halogens is 3. The molecule has 10 heteroatoms. The molecule has 0 saturated heterocycles. The average Bonchev–Trinajstić information content (AvgIpc) is 2.75. The average molecular weight is 528 g/mol. The Morgan fingerprint density at radius 2 is 1.47 bits per heavy atom. The summed E-state index contributed by atoms with van der Waals surface area (Å²) in [5, 5.41) is 2.96. The summed E-state index contributed by atoms with van der Waals surface area (Å²) >= 11 is 0. The summed E-state index contributed by atoms with van der Waals surface area (Å²) in [6.45, 7) is 7.20. The van der Waals surface area contributed by atoms with Gasteiger partial charge in [-0.15, -0.1) is 0 Å². The maximum absolute atomic E-state index is 13.6. The summed E-state index contributed by atoms with van der Waals surface area (Å²) in [4.78, 5) is 11.4. The van der Waals surface area contributed by atoms with Gasteiger partial charge in [-0.1, -0.05) is 60.0 Å². The van der Waals surface area contributed by atoms with Crippen LogP contribution in [0.25, 0.3) is 0 Å². The largest absolute Gasteiger partial charge is 0.460 e. The SMILES string of the molecule is Cc1ccc(S(=O)(=O)ON=C(c2ccc(CCCCCCC(=O)OC(C)(C)C)cc2)C(F)(F)F)cc1. The molecule has 0 aromatic heterocycles. The van der Waals surface area contributed by atoms with Gasteiger partial charge in [0.15, 0.2) is 5.71 Å². The van der Waals surface area contributed by atoms with Crippen molar-refractivity contribution in [2.45, 2.75) is 82.9 Å². The van der Waals surface area contributed by atoms with E-state index in [4.69, 9.17) is 4.74 Å². The molecule has 2 aromatic rings. The Morgan fingerprint density at radius 1 is 0.889 bits per heavy atom. The zero-order valence-electron chi connectivity index (χ0n) is 20.9. The van der Waals surface area contributed by atoms with Gasteiger partial charge < -0.3 is 4.74 Å². The number of oxime groups is 1. The number of rotatable bonds is 11. The molecule has 0 atom stereocenters. The first kappa shape index (κ1) is 29.4. The molecule has 36 heavy (non-hydrogen) atoms. The van der Waals surface area contributed by atoms with E-state index in [-0.39, 0.29) is 16.4 Å². The molecule has 2 aromatic carbocycles. The fourth-order valence-corrected chi connectivity index (χ4v) is 4.00. The second kappa shape index (κ2) is 12.4. The van der Waals surface area contributed by atoms with E-state index in [0.29, 0.717) is 19.3 Å². The molecule has 198 valence electrons. The van der Waals surface area contributed by atoms with Gasteiger partial charge >= 0.3 is 22.3 Å². The van der Waals surface area contributed by atoms with Crippen molar-refractivity contribution in [2.24, 2.45) is 5.16 Å². The van der Waals surface area contributed by atoms with Crippen LogP contribution in [0.15, 0.2) is 58.6 Å². The van der Waals surface area contributed by atoms with Crippen molar-refractivity contribution < 1.29 is 35.4 Å². The van der Waals surface area contributed by atoms with E-state index in [1.165, 1.54) is 36.4 Å². The molecule has 0 aliphatic carbocycles. The van der Waals surface area contributed by atoms with Gasteiger partial charge in [-0.05, 0) is 64.7 Å². The number of carbonyl (C=O) groups excluding carboxylic acids is 1. The number of hydrogen-bond acceptors (Lipinski definition) is 6. The third kappa shape index (κ3) is 10.0. The normalized spacial score (nSPS) is 12.9. The Labute approximate surface area is 210 Å². The van der Waals surface area contributed by atoms with E-state index in [9.17, 15) is 26.4 Å². The predicted octanol–water partition coefficient (Wildman–Crippen LogP) is 6.50. The van der Waals surface area contributed by atoms with Gasteiger partial charge in [-0.25, -0.2) is 0 Å². The number of ether oxygens (including phenoxy) is 1. The van der Waals surface area contributed by atoms with Gasteiger partial charge in [0.1, 0.15) is 10.5 Å². The van der Waals surface area contributed by atoms with Crippen molar-refractivity contribution in [2.75, 3.05) is 0 Å². The summed E-state index contributed by atoms with van der Waals surface area (Å²) in [6.07, 6.45) is -0.675. The lowest BCUT2D eigenvalue weighted by atomic mass is 10.0. The summed E-state index contributed by atoms with van der Waals surface area (Å²) in [5.41, 5.74) is -0.619. The Morgan fingerprint density at radius 3 is 2.03 bits per heavy atom. The highest BCUT2D eigenvalue weighted by molar-refractivity contribution is 7.86. The second-order valence-corrected chi connectivity index (χ2v) is 11.0. The van der Waals surface area contributed by atoms with Crippen LogP contribution in [0.5, 0.6) is 0 Å². The minimum atomic E-state index is -4.92. The molecule has 0 N–H and O–H groups in total. The molecule has 0 bridgehead atoms. The van der Waals surface area contributed by atoms with Gasteiger partial charge in [0.2, 0.25) is 0 Å². The molecule has 0 amide bonds. The molecule has 0 unspecified atom stereocenters. The third-order valence-electron chi connectivity index (χ3n) is 5.05. The third-order valence-corrected chi connectivity index (χ3v) is 6.17. The Hall–Kier alpha value is -2.88. The molecule has 0 fully saturated rings. The van der Waals surface area contributed by atoms with Gasteiger partial charge in [-0.3, -0.25) is 9.08 Å². The lowest BCUT2D eigenvalue weighted by Gasteiger charge is -2.19. The molecular formula is C26H32F3NO5S. The second-order valence-electron chi connectivity index (χ2n) is 9.48. The number of unbranched alkanes of at least 4 members (excludes halogenated alkanes) is 3. The van der Waals surface area contributed by atoms with Crippen LogP contribution < -0.4 is 0 Å². The highest BCUT2D eigenvalue weighted by Gasteiger charge is 2.38. The molecule has 0 heterocycles. The molecule has 0 aliphatic rings. The highest BCUT2D eigenvalue weighted by atomic mass is 32.2. The van der Waals surface area contributed by atoms with E-state index in [2.05, 4.69) is 9.44 Å². The number of esters is 1. The van der Waals surface area contributed by atoms with Crippen molar-refractivity contribution in [1.82, 2.24) is 0 Å². The van der Waals surface area contributed by atoms with Crippen molar-refractivity contribution in [3.8, 4) is 0 Å². The van der Waals surface area contributed by atoms with Crippen LogP contribution in [0, 0.1) is 6.92 Å². The number of hydrogen-bond donors (Lipinski definition) is 0. The minimum Gasteiger partial charge on any atom is -0.460 e. The molecule has 0 aliphatic heterocycles. The molecular weight excluding hydrogens is 495 g/mol. The molecule has 0 radical (unpaired) electrons. The number of carbonyl (C=O) groups is 1. The number of alkyl halides is 3. The van der Waals surface area contributed by atoms with Crippen LogP contribution in [-0.4, -0.2) is 31.9 Å². The van der Waals surface area contributed by atoms with Gasteiger partial charge in [0.25, 0.3) is 0 Å². The quantitative estimate of drug-likeness (QED) is 0.144. The Balaban J connectivity index is 1.93. The van der Waals surface area contributed by atoms with E-state index in [0.717, 1.165) is 30.4 Å². The summed E-state index contributed by atoms with van der Waals surface area (Å²) in [7, 11) is -4.50. The van der Waals surface area contributed by atoms with E-state index in [1.807, 2.05) is 20.8 Å². The van der Waals surface area contributed by atoms with Gasteiger partial charge in [-0.2, -0.15) is 21.6 Å². The molecule has 0 spiro atoms. The van der Waals surface area contributed by atoms with Crippen LogP contribution in [0.4, 0.5) is 13.2 Å². The number of aryl methyl sites for hydroxylation is 2. The van der Waals surface area contributed by atoms with E-state index >= 15 is 0 Å². The van der Waals surface area contributed by atoms with Crippen LogP contribution in [0.1, 0.15) is 69.6 Å². The lowest BCUT2D eigenvalue weighted by molar-refractivity contribution is -0.154. The maximum Gasteiger partial charge on any atom is 0.437 e. The number of nitrogens with zero attached hydrogens (tertiary/aromatic N) is 1. The maximum atomic E-state index is 13.6. The number of benzene rings is 2. The Kier molecular flexibility index (Phi) is 10.1. The first-order valence-electron chi connectivity index (χ1n) is 11.6. The minimum absolute atomic E-state index is 0.226. The predicted molar refractivity (Wildman–Crippen MR) is 131 cm³/mol. The van der Waals surface area contributed by atoms with E-state index in [1.54, 1.807) is 19.1 Å². The first-order valence-corrected chi connectivity index (χ1v) is 13.0. The van der Waals surface area contributed by atoms with Crippen LogP contribution in [0.3, 0.4) is 0 Å². The van der Waals surface area contributed by atoms with Crippen molar-refractivity contribution >= 4 is 21.8 Å². The van der Waals surface area contributed by atoms with Crippen LogP contribution in [0.2, 0.25) is 0 Å². The fraction of sp³-hybridized carbons (Fsp3) is 0.462. The monoisotopic (exact) mass is 527 g/mol. The van der Waals surface area contributed by atoms with Crippen molar-refractivity contribution in [3.63, 3.8) is 0 Å². The lowest BCUT2D eigenvalue weighted by Crippen LogP contribution is -2.25. The van der Waals surface area contributed by atoms with Gasteiger partial charge in [0, 0.05) is 12.0 Å². The topological polar surface area (TPSA) is 82.0 Å². The molecule has 6 nitrogen and oxygen atoms in total. The van der Waals surface area contributed by atoms with Crippen LogP contribution >= 0.6 is 0 Å². The van der Waals surface area contributed by atoms with Crippen molar-refractivity contribution in [1.29, 1.82) is 0 Å². The standard InChI is InChI=1S/C26H32F3NO5S/c1-19-11-17-22(18-12-19)36(32,33)35-30-24(26(27,28)29)21-15-13-20(14-16-21)9-7-5-6-8-10-23(31)34-25(2,3)4/h11-18H,5-10H2,1-4H3. The van der Waals surface area contributed by atoms with Crippen LogP contribution in [-0.2, 0) is 30.4 Å². The summed E-state index contributed by atoms with van der Waals surface area (Å²) < 4.78 is 74.8. The smallest absolute Gasteiger partial charge is 0.437 e. The highest BCUT2D eigenvalue weighted by Crippen LogP contribution is 2.25. The zero-order valence-corrected chi connectivity index (χ0v) is 21.7. The molecule has 2 rings (SSSR count). The summed E-state index contributed by atoms with van der Waals surface area (Å²) in [6, 6.07) is 11.1.